The minimum Gasteiger partial charge on any atom is -0.343 e. The summed E-state index contributed by atoms with van der Waals surface area (Å²) in [6.07, 6.45) is 1.16. The van der Waals surface area contributed by atoms with E-state index in [0.717, 1.165) is 6.26 Å². The zero-order chi connectivity index (χ0) is 12.3. The largest absolute Gasteiger partial charge is 0.343 e. The first kappa shape index (κ1) is 14.4. The van der Waals surface area contributed by atoms with Crippen molar-refractivity contribution >= 4 is 15.7 Å². The summed E-state index contributed by atoms with van der Waals surface area (Å²) in [7, 11) is 0.281. The fourth-order valence-corrected chi connectivity index (χ4v) is 1.59. The van der Waals surface area contributed by atoms with Gasteiger partial charge in [-0.3, -0.25) is 4.79 Å². The quantitative estimate of drug-likeness (QED) is 0.698. The maximum atomic E-state index is 11.8. The Kier molecular flexibility index (Phi) is 4.73. The van der Waals surface area contributed by atoms with Crippen molar-refractivity contribution in [3.05, 3.63) is 0 Å². The standard InChI is InChI=1S/C9H20N2O3S/c1-9(2,10-3)8(12)11(4)6-7-15(5,13)14/h10H,6-7H2,1-5H3. The SMILES string of the molecule is CNC(C)(C)C(=O)N(C)CCS(C)(=O)=O. The second kappa shape index (κ2) is 4.94. The normalized spacial score (nSPS) is 12.6. The highest BCUT2D eigenvalue weighted by molar-refractivity contribution is 7.90. The van der Waals surface area contributed by atoms with Gasteiger partial charge < -0.3 is 10.2 Å². The van der Waals surface area contributed by atoms with Crippen molar-refractivity contribution < 1.29 is 13.2 Å². The molecular weight excluding hydrogens is 216 g/mol. The molecule has 0 saturated carbocycles. The summed E-state index contributed by atoms with van der Waals surface area (Å²) in [4.78, 5) is 13.2. The van der Waals surface area contributed by atoms with Crippen LogP contribution in [-0.2, 0) is 14.6 Å². The number of sulfone groups is 1. The van der Waals surface area contributed by atoms with Gasteiger partial charge in [-0.15, -0.1) is 0 Å². The Hall–Kier alpha value is -0.620. The van der Waals surface area contributed by atoms with Gasteiger partial charge in [-0.25, -0.2) is 8.42 Å². The summed E-state index contributed by atoms with van der Waals surface area (Å²) in [5, 5.41) is 2.88. The molecule has 0 atom stereocenters. The van der Waals surface area contributed by atoms with Gasteiger partial charge in [0.15, 0.2) is 0 Å². The van der Waals surface area contributed by atoms with E-state index in [0.29, 0.717) is 0 Å². The second-order valence-electron chi connectivity index (χ2n) is 4.23. The highest BCUT2D eigenvalue weighted by Gasteiger charge is 2.28. The summed E-state index contributed by atoms with van der Waals surface area (Å²) in [6.45, 7) is 3.74. The van der Waals surface area contributed by atoms with Gasteiger partial charge in [0.25, 0.3) is 0 Å². The fraction of sp³-hybridized carbons (Fsp3) is 0.889. The van der Waals surface area contributed by atoms with Crippen LogP contribution in [0.5, 0.6) is 0 Å². The molecule has 90 valence electrons. The summed E-state index contributed by atoms with van der Waals surface area (Å²) in [6, 6.07) is 0. The average Bonchev–Trinajstić information content (AvgIpc) is 2.11. The van der Waals surface area contributed by atoms with E-state index < -0.39 is 15.4 Å². The van der Waals surface area contributed by atoms with E-state index in [1.807, 2.05) is 0 Å². The Balaban J connectivity index is 4.36. The van der Waals surface area contributed by atoms with E-state index >= 15 is 0 Å². The molecule has 1 N–H and O–H groups in total. The van der Waals surface area contributed by atoms with Gasteiger partial charge in [-0.1, -0.05) is 0 Å². The van der Waals surface area contributed by atoms with E-state index in [1.165, 1.54) is 4.90 Å². The van der Waals surface area contributed by atoms with Crippen LogP contribution in [0.3, 0.4) is 0 Å². The fourth-order valence-electron chi connectivity index (χ4n) is 0.988. The van der Waals surface area contributed by atoms with Crippen LogP contribution in [0.15, 0.2) is 0 Å². The highest BCUT2D eigenvalue weighted by atomic mass is 32.2. The first-order valence-corrected chi connectivity index (χ1v) is 6.78. The molecule has 5 nitrogen and oxygen atoms in total. The number of nitrogens with one attached hydrogen (secondary N) is 1. The van der Waals surface area contributed by atoms with Crippen LogP contribution in [0.4, 0.5) is 0 Å². The molecule has 0 spiro atoms. The van der Waals surface area contributed by atoms with Crippen LogP contribution in [0, 0.1) is 0 Å². The van der Waals surface area contributed by atoms with Crippen molar-refractivity contribution in [2.45, 2.75) is 19.4 Å². The molecule has 0 bridgehead atoms. The van der Waals surface area contributed by atoms with Crippen molar-refractivity contribution in [2.75, 3.05) is 32.6 Å². The van der Waals surface area contributed by atoms with Gasteiger partial charge in [0, 0.05) is 19.8 Å². The van der Waals surface area contributed by atoms with Crippen LogP contribution >= 0.6 is 0 Å². The Labute approximate surface area is 91.8 Å². The lowest BCUT2D eigenvalue weighted by atomic mass is 10.0. The molecule has 0 heterocycles. The zero-order valence-corrected chi connectivity index (χ0v) is 10.8. The van der Waals surface area contributed by atoms with Crippen LogP contribution in [-0.4, -0.2) is 57.4 Å². The van der Waals surface area contributed by atoms with E-state index in [9.17, 15) is 13.2 Å². The van der Waals surface area contributed by atoms with Crippen molar-refractivity contribution in [3.8, 4) is 0 Å². The third-order valence-corrected chi connectivity index (χ3v) is 3.23. The van der Waals surface area contributed by atoms with Crippen molar-refractivity contribution in [1.82, 2.24) is 10.2 Å². The number of amides is 1. The molecule has 0 saturated heterocycles. The maximum absolute atomic E-state index is 11.8. The number of likely N-dealkylation sites (N-methyl/N-ethyl adjacent to an activating group) is 2. The minimum atomic E-state index is -3.02. The maximum Gasteiger partial charge on any atom is 0.242 e. The molecule has 1 amide bonds. The lowest BCUT2D eigenvalue weighted by Gasteiger charge is -2.28. The van der Waals surface area contributed by atoms with Gasteiger partial charge in [-0.2, -0.15) is 0 Å². The first-order chi connectivity index (χ1) is 6.60. The molecule has 0 aliphatic heterocycles. The minimum absolute atomic E-state index is 0.00493. The molecule has 6 heteroatoms. The van der Waals surface area contributed by atoms with Crippen LogP contribution in [0.1, 0.15) is 13.8 Å². The van der Waals surface area contributed by atoms with Gasteiger partial charge in [-0.05, 0) is 20.9 Å². The van der Waals surface area contributed by atoms with Gasteiger partial charge in [0.05, 0.1) is 11.3 Å². The number of rotatable bonds is 5. The Morgan fingerprint density at radius 2 is 1.87 bits per heavy atom. The third-order valence-electron chi connectivity index (χ3n) is 2.30. The van der Waals surface area contributed by atoms with Crippen LogP contribution in [0.2, 0.25) is 0 Å². The topological polar surface area (TPSA) is 66.5 Å². The second-order valence-corrected chi connectivity index (χ2v) is 6.49. The first-order valence-electron chi connectivity index (χ1n) is 4.72. The monoisotopic (exact) mass is 236 g/mol. The molecule has 0 aliphatic carbocycles. The number of hydrogen-bond donors (Lipinski definition) is 1. The molecule has 0 aromatic carbocycles. The molecule has 0 aliphatic rings. The molecule has 0 rings (SSSR count). The summed E-state index contributed by atoms with van der Waals surface area (Å²) < 4.78 is 21.8. The molecule has 0 unspecified atom stereocenters. The number of nitrogens with zero attached hydrogens (tertiary/aromatic N) is 1. The molecule has 15 heavy (non-hydrogen) atoms. The summed E-state index contributed by atoms with van der Waals surface area (Å²) in [5.41, 5.74) is -0.660. The molecule has 0 aromatic rings. The predicted molar refractivity (Wildman–Crippen MR) is 60.5 cm³/mol. The van der Waals surface area contributed by atoms with Gasteiger partial charge >= 0.3 is 0 Å². The number of hydrogen-bond acceptors (Lipinski definition) is 4. The lowest BCUT2D eigenvalue weighted by molar-refractivity contribution is -0.135. The summed E-state index contributed by atoms with van der Waals surface area (Å²) >= 11 is 0. The van der Waals surface area contributed by atoms with Crippen molar-refractivity contribution in [2.24, 2.45) is 0 Å². The number of carbonyl (C=O) groups excluding carboxylic acids is 1. The zero-order valence-electron chi connectivity index (χ0n) is 9.99. The van der Waals surface area contributed by atoms with Crippen LogP contribution in [0.25, 0.3) is 0 Å². The van der Waals surface area contributed by atoms with E-state index in [1.54, 1.807) is 27.9 Å². The molecule has 0 aromatic heterocycles. The lowest BCUT2D eigenvalue weighted by Crippen LogP contribution is -2.52. The van der Waals surface area contributed by atoms with Crippen LogP contribution < -0.4 is 5.32 Å². The summed E-state index contributed by atoms with van der Waals surface area (Å²) in [5.74, 6) is -0.122. The Morgan fingerprint density at radius 1 is 1.40 bits per heavy atom. The predicted octanol–water partition coefficient (Wildman–Crippen LogP) is -0.513. The molecular formula is C9H20N2O3S. The van der Waals surface area contributed by atoms with E-state index in [-0.39, 0.29) is 18.2 Å². The van der Waals surface area contributed by atoms with Gasteiger partial charge in [0.1, 0.15) is 9.84 Å². The van der Waals surface area contributed by atoms with Crippen molar-refractivity contribution in [3.63, 3.8) is 0 Å². The Bertz CT molecular complexity index is 322. The molecule has 0 fully saturated rings. The average molecular weight is 236 g/mol. The van der Waals surface area contributed by atoms with E-state index in [4.69, 9.17) is 0 Å². The van der Waals surface area contributed by atoms with Gasteiger partial charge in [0.2, 0.25) is 5.91 Å². The smallest absolute Gasteiger partial charge is 0.242 e. The van der Waals surface area contributed by atoms with Crippen molar-refractivity contribution in [1.29, 1.82) is 0 Å². The van der Waals surface area contributed by atoms with E-state index in [2.05, 4.69) is 5.32 Å². The Morgan fingerprint density at radius 3 is 2.20 bits per heavy atom. The highest BCUT2D eigenvalue weighted by Crippen LogP contribution is 2.05. The number of carbonyl (C=O) groups is 1. The molecule has 0 radical (unpaired) electrons. The third kappa shape index (κ3) is 5.13.